The Kier molecular flexibility index (Phi) is 10.8. The van der Waals surface area contributed by atoms with Crippen LogP contribution in [0, 0.1) is 0 Å². The Morgan fingerprint density at radius 2 is 1.88 bits per heavy atom. The molecule has 1 unspecified atom stereocenters. The summed E-state index contributed by atoms with van der Waals surface area (Å²) < 4.78 is 16.5. The first-order valence-electron chi connectivity index (χ1n) is 5.75. The van der Waals surface area contributed by atoms with Crippen molar-refractivity contribution in [3.05, 3.63) is 24.3 Å². The second-order valence-electron chi connectivity index (χ2n) is 3.45. The molecule has 0 aliphatic carbocycles. The Morgan fingerprint density at radius 3 is 2.38 bits per heavy atom. The van der Waals surface area contributed by atoms with E-state index in [1.165, 1.54) is 0 Å². The van der Waals surface area contributed by atoms with Gasteiger partial charge in [-0.25, -0.2) is 0 Å². The fraction of sp³-hybridized carbons (Fsp3) is 0.667. The zero-order valence-corrected chi connectivity index (χ0v) is 12.0. The van der Waals surface area contributed by atoms with E-state index in [1.807, 2.05) is 31.2 Å². The molecule has 16 heavy (non-hydrogen) atoms. The normalized spacial score (nSPS) is 14.3. The largest absolute Gasteiger partial charge is 0.398 e. The molecule has 0 radical (unpaired) electrons. The molecule has 0 bridgehead atoms. The molecule has 3 nitrogen and oxygen atoms in total. The van der Waals surface area contributed by atoms with Gasteiger partial charge < -0.3 is 13.6 Å². The summed E-state index contributed by atoms with van der Waals surface area (Å²) in [5.41, 5.74) is 0.134. The monoisotopic (exact) mass is 244 g/mol. The number of hydrogen-bond donors (Lipinski definition) is 0. The number of rotatable bonds is 9. The van der Waals surface area contributed by atoms with Gasteiger partial charge in [-0.05, 0) is 13.3 Å². The van der Waals surface area contributed by atoms with Gasteiger partial charge in [0.1, 0.15) is 0 Å². The topological polar surface area (TPSA) is 27.7 Å². The highest BCUT2D eigenvalue weighted by Gasteiger charge is 2.23. The van der Waals surface area contributed by atoms with Crippen molar-refractivity contribution in [2.24, 2.45) is 0 Å². The van der Waals surface area contributed by atoms with Crippen LogP contribution < -0.4 is 0 Å². The maximum absolute atomic E-state index is 5.76. The highest BCUT2D eigenvalue weighted by Crippen LogP contribution is 2.08. The smallest absolute Gasteiger partial charge is 0.350 e. The Balaban J connectivity index is 4.01. The molecule has 0 aliphatic heterocycles. The maximum Gasteiger partial charge on any atom is 0.350 e. The van der Waals surface area contributed by atoms with Gasteiger partial charge >= 0.3 is 9.28 Å². The van der Waals surface area contributed by atoms with Crippen molar-refractivity contribution in [3.63, 3.8) is 0 Å². The van der Waals surface area contributed by atoms with Crippen molar-refractivity contribution < 1.29 is 13.6 Å². The van der Waals surface area contributed by atoms with Gasteiger partial charge in [0.25, 0.3) is 0 Å². The first kappa shape index (κ1) is 15.6. The van der Waals surface area contributed by atoms with Gasteiger partial charge in [-0.15, -0.1) is 0 Å². The van der Waals surface area contributed by atoms with Gasteiger partial charge in [-0.3, -0.25) is 0 Å². The number of hydrogen-bond acceptors (Lipinski definition) is 3. The van der Waals surface area contributed by atoms with E-state index >= 15 is 0 Å². The Hall–Kier alpha value is -0.423. The van der Waals surface area contributed by atoms with Crippen molar-refractivity contribution in [3.8, 4) is 0 Å². The van der Waals surface area contributed by atoms with Crippen molar-refractivity contribution in [1.29, 1.82) is 0 Å². The van der Waals surface area contributed by atoms with Gasteiger partial charge in [0, 0.05) is 14.2 Å². The lowest BCUT2D eigenvalue weighted by Crippen LogP contribution is -2.37. The fourth-order valence-corrected chi connectivity index (χ4v) is 3.08. The van der Waals surface area contributed by atoms with Crippen LogP contribution in [0.3, 0.4) is 0 Å². The van der Waals surface area contributed by atoms with Crippen LogP contribution >= 0.6 is 0 Å². The summed E-state index contributed by atoms with van der Waals surface area (Å²) in [4.78, 5) is 0. The zero-order chi connectivity index (χ0) is 12.2. The minimum atomic E-state index is -1.66. The third-order valence-corrected chi connectivity index (χ3v) is 4.25. The minimum Gasteiger partial charge on any atom is -0.398 e. The van der Waals surface area contributed by atoms with E-state index in [0.717, 1.165) is 12.8 Å². The van der Waals surface area contributed by atoms with E-state index in [1.54, 1.807) is 14.2 Å². The minimum absolute atomic E-state index is 0.134. The molecule has 0 aromatic carbocycles. The second-order valence-corrected chi connectivity index (χ2v) is 5.88. The van der Waals surface area contributed by atoms with Crippen LogP contribution in [-0.4, -0.2) is 35.8 Å². The maximum atomic E-state index is 5.76. The van der Waals surface area contributed by atoms with Crippen LogP contribution in [0.5, 0.6) is 0 Å². The molecule has 94 valence electrons. The summed E-state index contributed by atoms with van der Waals surface area (Å²) in [6, 6.07) is 0. The summed E-state index contributed by atoms with van der Waals surface area (Å²) in [7, 11) is 1.74. The van der Waals surface area contributed by atoms with E-state index in [4.69, 9.17) is 13.6 Å². The van der Waals surface area contributed by atoms with Gasteiger partial charge in [-0.1, -0.05) is 37.6 Å². The molecule has 1 atom stereocenters. The SMILES string of the molecule is C/C=C/C=C/COC(CCC)[SiH](OC)OC. The second kappa shape index (κ2) is 11.1. The molecule has 0 aromatic rings. The average Bonchev–Trinajstić information content (AvgIpc) is 2.30. The third kappa shape index (κ3) is 6.95. The van der Waals surface area contributed by atoms with E-state index < -0.39 is 9.28 Å². The molecule has 0 fully saturated rings. The summed E-state index contributed by atoms with van der Waals surface area (Å²) in [6.45, 7) is 4.75. The van der Waals surface area contributed by atoms with Crippen LogP contribution in [0.2, 0.25) is 0 Å². The molecular formula is C12H24O3Si. The molecular weight excluding hydrogens is 220 g/mol. The lowest BCUT2D eigenvalue weighted by Gasteiger charge is -2.22. The van der Waals surface area contributed by atoms with Crippen molar-refractivity contribution in [2.75, 3.05) is 20.8 Å². The Morgan fingerprint density at radius 1 is 1.19 bits per heavy atom. The Bertz CT molecular complexity index is 200. The summed E-state index contributed by atoms with van der Waals surface area (Å²) in [6.07, 6.45) is 10.0. The van der Waals surface area contributed by atoms with E-state index in [0.29, 0.717) is 6.61 Å². The molecule has 0 saturated heterocycles. The van der Waals surface area contributed by atoms with E-state index in [2.05, 4.69) is 6.92 Å². The van der Waals surface area contributed by atoms with Crippen LogP contribution in [0.15, 0.2) is 24.3 Å². The van der Waals surface area contributed by atoms with E-state index in [-0.39, 0.29) is 5.73 Å². The molecule has 0 N–H and O–H groups in total. The lowest BCUT2D eigenvalue weighted by atomic mass is 10.3. The van der Waals surface area contributed by atoms with Gasteiger partial charge in [0.15, 0.2) is 0 Å². The number of allylic oxidation sites excluding steroid dienone is 3. The molecule has 0 aliphatic rings. The summed E-state index contributed by atoms with van der Waals surface area (Å²) >= 11 is 0. The van der Waals surface area contributed by atoms with E-state index in [9.17, 15) is 0 Å². The molecule has 0 heterocycles. The number of ether oxygens (including phenoxy) is 1. The first-order chi connectivity index (χ1) is 7.79. The van der Waals surface area contributed by atoms with Gasteiger partial charge in [0.05, 0.1) is 12.3 Å². The third-order valence-electron chi connectivity index (χ3n) is 2.19. The standard InChI is InChI=1S/C12H24O3Si/c1-5-7-8-9-11-15-12(10-6-2)16(13-3)14-4/h5,7-9,12,16H,6,10-11H2,1-4H3/b7-5+,9-8+. The van der Waals surface area contributed by atoms with Crippen molar-refractivity contribution in [2.45, 2.75) is 32.4 Å². The quantitative estimate of drug-likeness (QED) is 0.460. The van der Waals surface area contributed by atoms with Crippen LogP contribution in [0.1, 0.15) is 26.7 Å². The highest BCUT2D eigenvalue weighted by atomic mass is 28.3. The van der Waals surface area contributed by atoms with Gasteiger partial charge in [0.2, 0.25) is 0 Å². The highest BCUT2D eigenvalue weighted by molar-refractivity contribution is 6.45. The Labute approximate surface area is 101 Å². The lowest BCUT2D eigenvalue weighted by molar-refractivity contribution is 0.0833. The molecule has 4 heteroatoms. The van der Waals surface area contributed by atoms with Crippen LogP contribution in [0.4, 0.5) is 0 Å². The molecule has 0 aromatic heterocycles. The molecule has 0 saturated carbocycles. The molecule has 0 spiro atoms. The summed E-state index contributed by atoms with van der Waals surface area (Å²) in [5.74, 6) is 0. The summed E-state index contributed by atoms with van der Waals surface area (Å²) in [5, 5.41) is 0. The van der Waals surface area contributed by atoms with Crippen molar-refractivity contribution >= 4 is 9.28 Å². The van der Waals surface area contributed by atoms with Gasteiger partial charge in [-0.2, -0.15) is 0 Å². The van der Waals surface area contributed by atoms with Crippen molar-refractivity contribution in [1.82, 2.24) is 0 Å². The first-order valence-corrected chi connectivity index (χ1v) is 7.36. The predicted octanol–water partition coefficient (Wildman–Crippen LogP) is 2.36. The predicted molar refractivity (Wildman–Crippen MR) is 69.8 cm³/mol. The average molecular weight is 244 g/mol. The van der Waals surface area contributed by atoms with Crippen LogP contribution in [0.25, 0.3) is 0 Å². The zero-order valence-electron chi connectivity index (χ0n) is 10.8. The molecule has 0 amide bonds. The van der Waals surface area contributed by atoms with Crippen LogP contribution in [-0.2, 0) is 13.6 Å². The fourth-order valence-electron chi connectivity index (χ4n) is 1.41. The molecule has 0 rings (SSSR count).